The fourth-order valence-electron chi connectivity index (χ4n) is 2.21. The Kier molecular flexibility index (Phi) is 5.37. The van der Waals surface area contributed by atoms with Gasteiger partial charge in [-0.15, -0.1) is 11.3 Å². The molecule has 6 heteroatoms. The largest absolute Gasteiger partial charge is 0.312 e. The molecule has 0 amide bonds. The molecule has 1 aromatic heterocycles. The van der Waals surface area contributed by atoms with Gasteiger partial charge in [0.15, 0.2) is 0 Å². The molecule has 1 aromatic rings. The first kappa shape index (κ1) is 15.7. The third-order valence-electron chi connectivity index (χ3n) is 3.29. The maximum absolute atomic E-state index is 12.6. The van der Waals surface area contributed by atoms with E-state index in [2.05, 4.69) is 18.3 Å². The van der Waals surface area contributed by atoms with E-state index in [4.69, 9.17) is 0 Å². The normalized spacial score (nSPS) is 17.2. The molecule has 0 atom stereocenters. The lowest BCUT2D eigenvalue weighted by atomic mass is 10.2. The molecule has 112 valence electrons. The van der Waals surface area contributed by atoms with Crippen LogP contribution in [0.3, 0.4) is 0 Å². The Bertz CT molecular complexity index is 576. The van der Waals surface area contributed by atoms with E-state index in [1.807, 2.05) is 6.92 Å². The van der Waals surface area contributed by atoms with Gasteiger partial charge in [0.25, 0.3) is 0 Å². The van der Waals surface area contributed by atoms with Crippen LogP contribution in [0.15, 0.2) is 28.0 Å². The highest BCUT2D eigenvalue weighted by molar-refractivity contribution is 7.89. The highest BCUT2D eigenvalue weighted by Crippen LogP contribution is 2.25. The van der Waals surface area contributed by atoms with E-state index in [0.29, 0.717) is 18.0 Å². The first-order chi connectivity index (χ1) is 9.54. The van der Waals surface area contributed by atoms with Crippen LogP contribution in [-0.4, -0.2) is 32.4 Å². The van der Waals surface area contributed by atoms with Crippen LogP contribution in [-0.2, 0) is 16.6 Å². The average molecular weight is 314 g/mol. The molecule has 0 saturated carbocycles. The number of nitrogens with one attached hydrogen (secondary N) is 1. The third-order valence-corrected chi connectivity index (χ3v) is 6.20. The van der Waals surface area contributed by atoms with Gasteiger partial charge >= 0.3 is 0 Å². The van der Waals surface area contributed by atoms with Crippen LogP contribution in [0.5, 0.6) is 0 Å². The predicted molar refractivity (Wildman–Crippen MR) is 83.4 cm³/mol. The van der Waals surface area contributed by atoms with E-state index in [-0.39, 0.29) is 0 Å². The summed E-state index contributed by atoms with van der Waals surface area (Å²) in [5.74, 6) is 0. The highest BCUT2D eigenvalue weighted by Gasteiger charge is 2.26. The molecule has 1 aliphatic heterocycles. The standard InChI is InChI=1S/C14H22N2O2S2/c1-3-6-15-9-13-8-14(11-19-13)20(17,18)16-7-4-5-12(2)10-16/h5,8,11,15H,3-4,6-7,9-10H2,1-2H3. The fourth-order valence-corrected chi connectivity index (χ4v) is 4.94. The number of nitrogens with zero attached hydrogens (tertiary/aromatic N) is 1. The topological polar surface area (TPSA) is 49.4 Å². The van der Waals surface area contributed by atoms with Crippen molar-refractivity contribution in [3.8, 4) is 0 Å². The van der Waals surface area contributed by atoms with Gasteiger partial charge in [-0.25, -0.2) is 8.42 Å². The summed E-state index contributed by atoms with van der Waals surface area (Å²) in [6.45, 7) is 6.89. The number of sulfonamides is 1. The summed E-state index contributed by atoms with van der Waals surface area (Å²) in [6.07, 6.45) is 4.00. The lowest BCUT2D eigenvalue weighted by Crippen LogP contribution is -2.35. The second kappa shape index (κ2) is 6.85. The number of thiophene rings is 1. The third kappa shape index (κ3) is 3.69. The molecule has 0 bridgehead atoms. The average Bonchev–Trinajstić information content (AvgIpc) is 2.88. The minimum absolute atomic E-state index is 0.436. The summed E-state index contributed by atoms with van der Waals surface area (Å²) < 4.78 is 26.7. The first-order valence-corrected chi connectivity index (χ1v) is 9.30. The zero-order valence-corrected chi connectivity index (χ0v) is 13.7. The lowest BCUT2D eigenvalue weighted by molar-refractivity contribution is 0.428. The van der Waals surface area contributed by atoms with Crippen LogP contribution in [0.4, 0.5) is 0 Å². The summed E-state index contributed by atoms with van der Waals surface area (Å²) >= 11 is 1.51. The zero-order chi connectivity index (χ0) is 14.6. The molecule has 0 aliphatic carbocycles. The fraction of sp³-hybridized carbons (Fsp3) is 0.571. The van der Waals surface area contributed by atoms with Crippen molar-refractivity contribution in [2.45, 2.75) is 38.1 Å². The molecule has 0 radical (unpaired) electrons. The zero-order valence-electron chi connectivity index (χ0n) is 12.1. The summed E-state index contributed by atoms with van der Waals surface area (Å²) in [4.78, 5) is 1.51. The van der Waals surface area contributed by atoms with Crippen molar-refractivity contribution in [3.05, 3.63) is 28.0 Å². The monoisotopic (exact) mass is 314 g/mol. The molecule has 2 heterocycles. The Morgan fingerprint density at radius 2 is 2.25 bits per heavy atom. The van der Waals surface area contributed by atoms with E-state index in [1.165, 1.54) is 11.3 Å². The van der Waals surface area contributed by atoms with Gasteiger partial charge in [-0.1, -0.05) is 18.6 Å². The van der Waals surface area contributed by atoms with Crippen molar-refractivity contribution in [2.24, 2.45) is 0 Å². The number of hydrogen-bond acceptors (Lipinski definition) is 4. The van der Waals surface area contributed by atoms with E-state index in [0.717, 1.165) is 36.4 Å². The second-order valence-corrected chi connectivity index (χ2v) is 8.04. The highest BCUT2D eigenvalue weighted by atomic mass is 32.2. The second-order valence-electron chi connectivity index (χ2n) is 5.10. The first-order valence-electron chi connectivity index (χ1n) is 6.98. The summed E-state index contributed by atoms with van der Waals surface area (Å²) in [5.41, 5.74) is 1.12. The predicted octanol–water partition coefficient (Wildman–Crippen LogP) is 2.59. The van der Waals surface area contributed by atoms with Crippen molar-refractivity contribution in [1.82, 2.24) is 9.62 Å². The molecule has 4 nitrogen and oxygen atoms in total. The van der Waals surface area contributed by atoms with Gasteiger partial charge < -0.3 is 5.32 Å². The summed E-state index contributed by atoms with van der Waals surface area (Å²) in [6, 6.07) is 1.80. The molecule has 1 aliphatic rings. The molecule has 0 unspecified atom stereocenters. The Balaban J connectivity index is 2.08. The van der Waals surface area contributed by atoms with Gasteiger partial charge in [-0.3, -0.25) is 0 Å². The van der Waals surface area contributed by atoms with E-state index in [9.17, 15) is 8.42 Å². The molecule has 0 aromatic carbocycles. The van der Waals surface area contributed by atoms with Crippen molar-refractivity contribution in [1.29, 1.82) is 0 Å². The van der Waals surface area contributed by atoms with Crippen LogP contribution >= 0.6 is 11.3 Å². The van der Waals surface area contributed by atoms with Gasteiger partial charge in [0.1, 0.15) is 0 Å². The SMILES string of the molecule is CCCNCc1cc(S(=O)(=O)N2CCC=C(C)C2)cs1. The Morgan fingerprint density at radius 3 is 2.95 bits per heavy atom. The maximum Gasteiger partial charge on any atom is 0.244 e. The van der Waals surface area contributed by atoms with Crippen molar-refractivity contribution in [3.63, 3.8) is 0 Å². The molecular weight excluding hydrogens is 292 g/mol. The quantitative estimate of drug-likeness (QED) is 0.648. The van der Waals surface area contributed by atoms with Crippen LogP contribution in [0.1, 0.15) is 31.6 Å². The Hall–Kier alpha value is -0.690. The van der Waals surface area contributed by atoms with E-state index >= 15 is 0 Å². The molecule has 0 saturated heterocycles. The van der Waals surface area contributed by atoms with Gasteiger partial charge in [0.2, 0.25) is 10.0 Å². The van der Waals surface area contributed by atoms with Crippen LogP contribution < -0.4 is 5.32 Å². The Labute approximate surface area is 125 Å². The van der Waals surface area contributed by atoms with Gasteiger partial charge in [-0.05, 0) is 32.4 Å². The van der Waals surface area contributed by atoms with Crippen LogP contribution in [0.2, 0.25) is 0 Å². The molecule has 20 heavy (non-hydrogen) atoms. The smallest absolute Gasteiger partial charge is 0.244 e. The van der Waals surface area contributed by atoms with Crippen molar-refractivity contribution in [2.75, 3.05) is 19.6 Å². The van der Waals surface area contributed by atoms with E-state index in [1.54, 1.807) is 15.8 Å². The van der Waals surface area contributed by atoms with Gasteiger partial charge in [0, 0.05) is 29.9 Å². The number of hydrogen-bond donors (Lipinski definition) is 1. The minimum atomic E-state index is -3.33. The molecule has 1 N–H and O–H groups in total. The van der Waals surface area contributed by atoms with Crippen LogP contribution in [0, 0.1) is 0 Å². The maximum atomic E-state index is 12.6. The van der Waals surface area contributed by atoms with Gasteiger partial charge in [0.05, 0.1) is 4.90 Å². The molecular formula is C14H22N2O2S2. The molecule has 0 spiro atoms. The lowest BCUT2D eigenvalue weighted by Gasteiger charge is -2.24. The molecule has 0 fully saturated rings. The van der Waals surface area contributed by atoms with Gasteiger partial charge in [-0.2, -0.15) is 4.31 Å². The van der Waals surface area contributed by atoms with Crippen molar-refractivity contribution < 1.29 is 8.42 Å². The molecule has 2 rings (SSSR count). The minimum Gasteiger partial charge on any atom is -0.312 e. The Morgan fingerprint density at radius 1 is 1.45 bits per heavy atom. The van der Waals surface area contributed by atoms with Crippen LogP contribution in [0.25, 0.3) is 0 Å². The summed E-state index contributed by atoms with van der Waals surface area (Å²) in [7, 11) is -3.33. The van der Waals surface area contributed by atoms with E-state index < -0.39 is 10.0 Å². The number of rotatable bonds is 6. The summed E-state index contributed by atoms with van der Waals surface area (Å²) in [5, 5.41) is 5.05. The van der Waals surface area contributed by atoms with Crippen molar-refractivity contribution >= 4 is 21.4 Å².